The number of hydrogen-bond acceptors (Lipinski definition) is 4. The molecule has 0 aliphatic carbocycles. The second-order valence-corrected chi connectivity index (χ2v) is 3.44. The highest BCUT2D eigenvalue weighted by molar-refractivity contribution is 6.17. The van der Waals surface area contributed by atoms with Crippen molar-refractivity contribution in [2.45, 2.75) is 12.8 Å². The predicted molar refractivity (Wildman–Crippen MR) is 62.3 cm³/mol. The number of amides is 1. The molecule has 0 fully saturated rings. The van der Waals surface area contributed by atoms with E-state index in [0.29, 0.717) is 12.4 Å². The van der Waals surface area contributed by atoms with Gasteiger partial charge in [0.2, 0.25) is 0 Å². The molecule has 0 aromatic carbocycles. The lowest BCUT2D eigenvalue weighted by Crippen LogP contribution is -2.28. The molecule has 1 amide bonds. The van der Waals surface area contributed by atoms with Crippen LogP contribution in [0.25, 0.3) is 0 Å². The Morgan fingerprint density at radius 3 is 2.65 bits per heavy atom. The van der Waals surface area contributed by atoms with Crippen molar-refractivity contribution >= 4 is 23.5 Å². The van der Waals surface area contributed by atoms with E-state index in [9.17, 15) is 9.59 Å². The normalized spacial score (nSPS) is 10.5. The molecular weight excluding hydrogens is 246 g/mol. The Hall–Kier alpha value is -1.74. The molecule has 0 aromatic rings. The molecule has 6 nitrogen and oxygen atoms in total. The van der Waals surface area contributed by atoms with Gasteiger partial charge in [-0.3, -0.25) is 9.59 Å². The second kappa shape index (κ2) is 9.48. The molecule has 0 bridgehead atoms. The van der Waals surface area contributed by atoms with E-state index in [1.54, 1.807) is 6.07 Å². The number of carboxylic acid groups (broad SMARTS) is 1. The third-order valence-electron chi connectivity index (χ3n) is 1.69. The lowest BCUT2D eigenvalue weighted by Gasteiger charge is -2.03. The van der Waals surface area contributed by atoms with E-state index < -0.39 is 11.9 Å². The first-order valence-electron chi connectivity index (χ1n) is 5.01. The summed E-state index contributed by atoms with van der Waals surface area (Å²) in [4.78, 5) is 21.6. The smallest absolute Gasteiger partial charge is 0.305 e. The minimum absolute atomic E-state index is 0.00509. The molecule has 0 aromatic heterocycles. The van der Waals surface area contributed by atoms with Crippen molar-refractivity contribution in [3.8, 4) is 6.07 Å². The maximum atomic E-state index is 11.4. The van der Waals surface area contributed by atoms with Gasteiger partial charge in [-0.1, -0.05) is 0 Å². The average molecular weight is 260 g/mol. The van der Waals surface area contributed by atoms with Crippen molar-refractivity contribution in [1.82, 2.24) is 10.6 Å². The van der Waals surface area contributed by atoms with Crippen LogP contribution in [0.3, 0.4) is 0 Å². The van der Waals surface area contributed by atoms with E-state index in [0.717, 1.165) is 6.42 Å². The van der Waals surface area contributed by atoms with Crippen LogP contribution < -0.4 is 10.6 Å². The number of hydrogen-bond donors (Lipinski definition) is 3. The van der Waals surface area contributed by atoms with Gasteiger partial charge in [0.25, 0.3) is 5.91 Å². The number of rotatable bonds is 8. The first-order chi connectivity index (χ1) is 8.11. The first kappa shape index (κ1) is 15.3. The van der Waals surface area contributed by atoms with Crippen molar-refractivity contribution in [2.75, 3.05) is 19.0 Å². The molecule has 17 heavy (non-hydrogen) atoms. The molecule has 0 radical (unpaired) electrons. The highest BCUT2D eigenvalue weighted by atomic mass is 35.5. The molecular formula is C10H14ClN3O3. The summed E-state index contributed by atoms with van der Waals surface area (Å²) in [7, 11) is 0. The van der Waals surface area contributed by atoms with Gasteiger partial charge in [-0.2, -0.15) is 5.26 Å². The molecule has 0 heterocycles. The summed E-state index contributed by atoms with van der Waals surface area (Å²) in [6.45, 7) is 0.561. The fourth-order valence-corrected chi connectivity index (χ4v) is 1.00. The standard InChI is InChI=1S/C10H14ClN3O3/c11-3-1-4-13-7-8(6-12)10(17)14-5-2-9(15)16/h7,13H,1-5H2,(H,14,17)(H,15,16)/b8-7-. The van der Waals surface area contributed by atoms with Gasteiger partial charge in [-0.15, -0.1) is 11.6 Å². The summed E-state index contributed by atoms with van der Waals surface area (Å²) in [5.74, 6) is -1.10. The van der Waals surface area contributed by atoms with Crippen LogP contribution in [0, 0.1) is 11.3 Å². The van der Waals surface area contributed by atoms with Crippen molar-refractivity contribution in [3.05, 3.63) is 11.8 Å². The fourth-order valence-electron chi connectivity index (χ4n) is 0.870. The zero-order valence-electron chi connectivity index (χ0n) is 9.20. The summed E-state index contributed by atoms with van der Waals surface area (Å²) in [6, 6.07) is 1.72. The Morgan fingerprint density at radius 1 is 1.41 bits per heavy atom. The van der Waals surface area contributed by atoms with E-state index in [1.807, 2.05) is 0 Å². The number of nitrogens with zero attached hydrogens (tertiary/aromatic N) is 1. The number of nitriles is 1. The highest BCUT2D eigenvalue weighted by Gasteiger charge is 2.08. The molecule has 0 unspecified atom stereocenters. The molecule has 0 saturated heterocycles. The number of halogens is 1. The van der Waals surface area contributed by atoms with Crippen LogP contribution in [0.2, 0.25) is 0 Å². The van der Waals surface area contributed by atoms with Crippen molar-refractivity contribution < 1.29 is 14.7 Å². The zero-order valence-corrected chi connectivity index (χ0v) is 9.96. The van der Waals surface area contributed by atoms with Gasteiger partial charge in [-0.25, -0.2) is 0 Å². The largest absolute Gasteiger partial charge is 0.481 e. The van der Waals surface area contributed by atoms with Gasteiger partial charge >= 0.3 is 5.97 Å². The maximum Gasteiger partial charge on any atom is 0.305 e. The number of nitrogens with one attached hydrogen (secondary N) is 2. The maximum absolute atomic E-state index is 11.4. The minimum Gasteiger partial charge on any atom is -0.481 e. The van der Waals surface area contributed by atoms with Gasteiger partial charge in [-0.05, 0) is 6.42 Å². The Morgan fingerprint density at radius 2 is 2.12 bits per heavy atom. The van der Waals surface area contributed by atoms with Gasteiger partial charge in [0.15, 0.2) is 0 Å². The molecule has 0 atom stereocenters. The van der Waals surface area contributed by atoms with Crippen molar-refractivity contribution in [1.29, 1.82) is 5.26 Å². The van der Waals surface area contributed by atoms with E-state index >= 15 is 0 Å². The Balaban J connectivity index is 4.04. The number of carbonyl (C=O) groups excluding carboxylic acids is 1. The molecule has 94 valence electrons. The Bertz CT molecular complexity index is 336. The van der Waals surface area contributed by atoms with Crippen LogP contribution >= 0.6 is 11.6 Å². The molecule has 0 spiro atoms. The van der Waals surface area contributed by atoms with Crippen LogP contribution in [0.4, 0.5) is 0 Å². The third kappa shape index (κ3) is 8.11. The van der Waals surface area contributed by atoms with E-state index in [2.05, 4.69) is 10.6 Å². The zero-order chi connectivity index (χ0) is 13.1. The minimum atomic E-state index is -1.01. The summed E-state index contributed by atoms with van der Waals surface area (Å²) >= 11 is 5.45. The van der Waals surface area contributed by atoms with Crippen molar-refractivity contribution in [3.63, 3.8) is 0 Å². The van der Waals surface area contributed by atoms with Gasteiger partial charge < -0.3 is 15.7 Å². The fraction of sp³-hybridized carbons (Fsp3) is 0.500. The second-order valence-electron chi connectivity index (χ2n) is 3.07. The SMILES string of the molecule is N#C/C(=C/NCCCCl)C(=O)NCCC(=O)O. The van der Waals surface area contributed by atoms with Crippen LogP contribution in [0.1, 0.15) is 12.8 Å². The van der Waals surface area contributed by atoms with Crippen LogP contribution in [-0.2, 0) is 9.59 Å². The third-order valence-corrected chi connectivity index (χ3v) is 1.96. The number of aliphatic carboxylic acids is 1. The van der Waals surface area contributed by atoms with Crippen LogP contribution in [0.15, 0.2) is 11.8 Å². The lowest BCUT2D eigenvalue weighted by atomic mass is 10.3. The van der Waals surface area contributed by atoms with E-state index in [-0.39, 0.29) is 18.5 Å². The number of carboxylic acids is 1. The van der Waals surface area contributed by atoms with Crippen LogP contribution in [0.5, 0.6) is 0 Å². The number of alkyl halides is 1. The summed E-state index contributed by atoms with van der Waals surface area (Å²) < 4.78 is 0. The quantitative estimate of drug-likeness (QED) is 0.250. The van der Waals surface area contributed by atoms with E-state index in [4.69, 9.17) is 22.0 Å². The molecule has 7 heteroatoms. The first-order valence-corrected chi connectivity index (χ1v) is 5.55. The molecule has 0 aliphatic rings. The van der Waals surface area contributed by atoms with E-state index in [1.165, 1.54) is 6.20 Å². The topological polar surface area (TPSA) is 102 Å². The molecule has 0 rings (SSSR count). The van der Waals surface area contributed by atoms with Crippen molar-refractivity contribution in [2.24, 2.45) is 0 Å². The predicted octanol–water partition coefficient (Wildman–Crippen LogP) is 0.203. The van der Waals surface area contributed by atoms with Gasteiger partial charge in [0, 0.05) is 25.2 Å². The molecule has 3 N–H and O–H groups in total. The Kier molecular flexibility index (Phi) is 8.51. The number of carbonyl (C=O) groups is 2. The molecule has 0 aliphatic heterocycles. The summed E-state index contributed by atoms with van der Waals surface area (Å²) in [5.41, 5.74) is -0.0926. The monoisotopic (exact) mass is 259 g/mol. The molecule has 0 saturated carbocycles. The summed E-state index contributed by atoms with van der Waals surface area (Å²) in [6.07, 6.45) is 1.84. The van der Waals surface area contributed by atoms with Gasteiger partial charge in [0.05, 0.1) is 6.42 Å². The van der Waals surface area contributed by atoms with Gasteiger partial charge in [0.1, 0.15) is 11.6 Å². The lowest BCUT2D eigenvalue weighted by molar-refractivity contribution is -0.136. The highest BCUT2D eigenvalue weighted by Crippen LogP contribution is 1.91. The Labute approximate surface area is 104 Å². The summed E-state index contributed by atoms with van der Waals surface area (Å²) in [5, 5.41) is 22.2. The van der Waals surface area contributed by atoms with Crippen LogP contribution in [-0.4, -0.2) is 36.0 Å². The average Bonchev–Trinajstić information content (AvgIpc) is 2.28.